The minimum Gasteiger partial charge on any atom is -0.483 e. The smallest absolute Gasteiger partial charge is 0.329 e. The van der Waals surface area contributed by atoms with Crippen molar-refractivity contribution in [3.8, 4) is 5.75 Å². The molecule has 0 heterocycles. The van der Waals surface area contributed by atoms with E-state index in [2.05, 4.69) is 21.2 Å². The lowest BCUT2D eigenvalue weighted by Gasteiger charge is -2.10. The van der Waals surface area contributed by atoms with Gasteiger partial charge in [0.2, 0.25) is 0 Å². The molecule has 3 N–H and O–H groups in total. The van der Waals surface area contributed by atoms with Crippen LogP contribution in [-0.4, -0.2) is 30.5 Å². The number of hydrazone groups is 1. The fourth-order valence-corrected chi connectivity index (χ4v) is 3.03. The van der Waals surface area contributed by atoms with Gasteiger partial charge in [-0.15, -0.1) is 0 Å². The summed E-state index contributed by atoms with van der Waals surface area (Å²) in [6.07, 6.45) is 1.28. The molecule has 8 nitrogen and oxygen atoms in total. The van der Waals surface area contributed by atoms with E-state index >= 15 is 0 Å². The van der Waals surface area contributed by atoms with Crippen molar-refractivity contribution in [3.63, 3.8) is 0 Å². The number of para-hydroxylation sites is 1. The Morgan fingerprint density at radius 3 is 2.47 bits per heavy atom. The summed E-state index contributed by atoms with van der Waals surface area (Å²) in [7, 11) is 0. The first-order valence-corrected chi connectivity index (χ1v) is 10.7. The van der Waals surface area contributed by atoms with Crippen molar-refractivity contribution in [2.45, 2.75) is 13.5 Å². The zero-order valence-corrected chi connectivity index (χ0v) is 19.1. The summed E-state index contributed by atoms with van der Waals surface area (Å²) >= 11 is 6.05. The number of amides is 3. The molecule has 0 radical (unpaired) electrons. The van der Waals surface area contributed by atoms with E-state index in [4.69, 9.17) is 16.3 Å². The van der Waals surface area contributed by atoms with Crippen LogP contribution < -0.4 is 20.8 Å². The maximum Gasteiger partial charge on any atom is 0.329 e. The summed E-state index contributed by atoms with van der Waals surface area (Å²) in [6, 6.07) is 21.3. The summed E-state index contributed by atoms with van der Waals surface area (Å²) in [4.78, 5) is 36.3. The van der Waals surface area contributed by atoms with Gasteiger partial charge in [0.25, 0.3) is 5.91 Å². The minimum absolute atomic E-state index is 0.222. The van der Waals surface area contributed by atoms with Gasteiger partial charge in [-0.25, -0.2) is 5.43 Å². The normalized spacial score (nSPS) is 10.5. The van der Waals surface area contributed by atoms with Crippen LogP contribution in [0.5, 0.6) is 5.75 Å². The van der Waals surface area contributed by atoms with Crippen LogP contribution in [0, 0.1) is 6.92 Å². The average Bonchev–Trinajstić information content (AvgIpc) is 2.84. The highest BCUT2D eigenvalue weighted by Crippen LogP contribution is 2.21. The van der Waals surface area contributed by atoms with Crippen LogP contribution in [0.1, 0.15) is 16.7 Å². The van der Waals surface area contributed by atoms with Gasteiger partial charge in [0.15, 0.2) is 6.61 Å². The number of nitrogens with zero attached hydrogens (tertiary/aromatic N) is 1. The van der Waals surface area contributed by atoms with Crippen LogP contribution >= 0.6 is 11.6 Å². The molecule has 0 atom stereocenters. The van der Waals surface area contributed by atoms with E-state index in [0.29, 0.717) is 28.6 Å². The molecule has 0 aliphatic rings. The van der Waals surface area contributed by atoms with Crippen molar-refractivity contribution < 1.29 is 19.1 Å². The lowest BCUT2D eigenvalue weighted by atomic mass is 10.2. The maximum absolute atomic E-state index is 12.1. The number of carbonyl (C=O) groups is 3. The molecule has 0 unspecified atom stereocenters. The van der Waals surface area contributed by atoms with Crippen molar-refractivity contribution >= 4 is 41.2 Å². The third kappa shape index (κ3) is 7.46. The van der Waals surface area contributed by atoms with Gasteiger partial charge >= 0.3 is 11.8 Å². The molecule has 3 aromatic carbocycles. The monoisotopic (exact) mass is 478 g/mol. The number of hydrogen-bond donors (Lipinski definition) is 3. The van der Waals surface area contributed by atoms with Crippen molar-refractivity contribution in [2.75, 3.05) is 11.9 Å². The predicted octanol–water partition coefficient (Wildman–Crippen LogP) is 3.43. The Balaban J connectivity index is 1.54. The molecule has 0 aliphatic carbocycles. The predicted molar refractivity (Wildman–Crippen MR) is 131 cm³/mol. The maximum atomic E-state index is 12.1. The van der Waals surface area contributed by atoms with Gasteiger partial charge in [0.1, 0.15) is 5.75 Å². The fraction of sp³-hybridized carbons (Fsp3) is 0.120. The van der Waals surface area contributed by atoms with Gasteiger partial charge in [-0.05, 0) is 42.3 Å². The van der Waals surface area contributed by atoms with Crippen LogP contribution in [0.3, 0.4) is 0 Å². The lowest BCUT2D eigenvalue weighted by Crippen LogP contribution is -2.32. The molecule has 3 rings (SSSR count). The summed E-state index contributed by atoms with van der Waals surface area (Å²) < 4.78 is 5.59. The highest BCUT2D eigenvalue weighted by molar-refractivity contribution is 6.39. The molecule has 9 heteroatoms. The largest absolute Gasteiger partial charge is 0.483 e. The van der Waals surface area contributed by atoms with E-state index in [-0.39, 0.29) is 12.5 Å². The first-order valence-electron chi connectivity index (χ1n) is 10.4. The van der Waals surface area contributed by atoms with Crippen molar-refractivity contribution in [2.24, 2.45) is 5.10 Å². The van der Waals surface area contributed by atoms with Crippen LogP contribution in [-0.2, 0) is 20.9 Å². The van der Waals surface area contributed by atoms with E-state index < -0.39 is 11.8 Å². The number of rotatable bonds is 8. The van der Waals surface area contributed by atoms with Crippen molar-refractivity contribution in [1.29, 1.82) is 0 Å². The van der Waals surface area contributed by atoms with Gasteiger partial charge in [0, 0.05) is 22.8 Å². The Bertz CT molecular complexity index is 1200. The first-order chi connectivity index (χ1) is 16.4. The number of halogens is 1. The zero-order chi connectivity index (χ0) is 24.3. The van der Waals surface area contributed by atoms with E-state index in [0.717, 1.165) is 11.1 Å². The van der Waals surface area contributed by atoms with E-state index in [1.165, 1.54) is 6.21 Å². The topological polar surface area (TPSA) is 109 Å². The number of hydrogen-bond acceptors (Lipinski definition) is 5. The standard InChI is InChI=1S/C25H23ClN4O4/c1-17-7-5-6-10-21(17)29-24(32)25(33)30-28-15-19-13-20(26)11-12-22(19)34-16-23(31)27-14-18-8-3-2-4-9-18/h2-13,15H,14,16H2,1H3,(H,27,31)(H,29,32)(H,30,33)/b28-15-. The molecule has 0 saturated heterocycles. The minimum atomic E-state index is -0.940. The van der Waals surface area contributed by atoms with Gasteiger partial charge < -0.3 is 15.4 Å². The van der Waals surface area contributed by atoms with Crippen molar-refractivity contribution in [3.05, 3.63) is 94.5 Å². The molecular weight excluding hydrogens is 456 g/mol. The Hall–Kier alpha value is -4.17. The highest BCUT2D eigenvalue weighted by atomic mass is 35.5. The molecule has 0 spiro atoms. The van der Waals surface area contributed by atoms with Gasteiger partial charge in [-0.2, -0.15) is 5.10 Å². The SMILES string of the molecule is Cc1ccccc1NC(=O)C(=O)N/N=C\c1cc(Cl)ccc1OCC(=O)NCc1ccccc1. The summed E-state index contributed by atoms with van der Waals surface area (Å²) in [5, 5.41) is 9.51. The summed E-state index contributed by atoms with van der Waals surface area (Å²) in [5.41, 5.74) is 4.90. The third-order valence-corrected chi connectivity index (χ3v) is 4.87. The van der Waals surface area contributed by atoms with E-state index in [1.807, 2.05) is 49.4 Å². The van der Waals surface area contributed by atoms with Gasteiger partial charge in [0.05, 0.1) is 6.21 Å². The number of aryl methyl sites for hydroxylation is 1. The third-order valence-electron chi connectivity index (χ3n) is 4.63. The molecule has 34 heavy (non-hydrogen) atoms. The average molecular weight is 479 g/mol. The van der Waals surface area contributed by atoms with Gasteiger partial charge in [-0.3, -0.25) is 14.4 Å². The summed E-state index contributed by atoms with van der Waals surface area (Å²) in [5.74, 6) is -1.77. The second-order valence-corrected chi connectivity index (χ2v) is 7.64. The molecule has 3 aromatic rings. The van der Waals surface area contributed by atoms with Crippen LogP contribution in [0.4, 0.5) is 5.69 Å². The second-order valence-electron chi connectivity index (χ2n) is 7.20. The van der Waals surface area contributed by atoms with E-state index in [1.54, 1.807) is 30.3 Å². The first kappa shape index (κ1) is 24.5. The molecule has 174 valence electrons. The Morgan fingerprint density at radius 1 is 0.971 bits per heavy atom. The van der Waals surface area contributed by atoms with Crippen LogP contribution in [0.25, 0.3) is 0 Å². The number of ether oxygens (including phenoxy) is 1. The number of benzene rings is 3. The Labute approximate surface area is 202 Å². The molecule has 3 amide bonds. The molecule has 0 aliphatic heterocycles. The Kier molecular flexibility index (Phi) is 8.76. The number of anilines is 1. The second kappa shape index (κ2) is 12.2. The van der Waals surface area contributed by atoms with Crippen LogP contribution in [0.2, 0.25) is 5.02 Å². The quantitative estimate of drug-likeness (QED) is 0.262. The fourth-order valence-electron chi connectivity index (χ4n) is 2.85. The Morgan fingerprint density at radius 2 is 1.71 bits per heavy atom. The molecule has 0 aromatic heterocycles. The molecule has 0 saturated carbocycles. The molecule has 0 fully saturated rings. The zero-order valence-electron chi connectivity index (χ0n) is 18.4. The van der Waals surface area contributed by atoms with Crippen molar-refractivity contribution in [1.82, 2.24) is 10.7 Å². The van der Waals surface area contributed by atoms with E-state index in [9.17, 15) is 14.4 Å². The molecule has 0 bridgehead atoms. The number of nitrogens with one attached hydrogen (secondary N) is 3. The van der Waals surface area contributed by atoms with Crippen LogP contribution in [0.15, 0.2) is 77.9 Å². The lowest BCUT2D eigenvalue weighted by molar-refractivity contribution is -0.136. The highest BCUT2D eigenvalue weighted by Gasteiger charge is 2.14. The van der Waals surface area contributed by atoms with Gasteiger partial charge in [-0.1, -0.05) is 60.1 Å². The molecular formula is C25H23ClN4O4. The summed E-state index contributed by atoms with van der Waals surface area (Å²) in [6.45, 7) is 1.98. The number of carbonyl (C=O) groups excluding carboxylic acids is 3.